The lowest BCUT2D eigenvalue weighted by molar-refractivity contribution is -0.138. The van der Waals surface area contributed by atoms with Gasteiger partial charge in [0.15, 0.2) is 9.84 Å². The number of sulfone groups is 1. The summed E-state index contributed by atoms with van der Waals surface area (Å²) in [5.41, 5.74) is 1.07. The highest BCUT2D eigenvalue weighted by Gasteiger charge is 2.33. The predicted molar refractivity (Wildman–Crippen MR) is 153 cm³/mol. The summed E-state index contributed by atoms with van der Waals surface area (Å²) in [6, 6.07) is 15.6. The van der Waals surface area contributed by atoms with Crippen LogP contribution >= 0.6 is 11.6 Å². The number of aryl methyl sites for hydroxylation is 1. The molecule has 4 rings (SSSR count). The maximum atomic E-state index is 13.7. The van der Waals surface area contributed by atoms with E-state index in [0.717, 1.165) is 6.07 Å². The van der Waals surface area contributed by atoms with Crippen molar-refractivity contribution in [3.63, 3.8) is 0 Å². The number of halogens is 5. The molecule has 0 spiro atoms. The van der Waals surface area contributed by atoms with Crippen molar-refractivity contribution in [2.75, 3.05) is 26.1 Å². The molecule has 0 saturated carbocycles. The van der Waals surface area contributed by atoms with Crippen LogP contribution in [0.5, 0.6) is 0 Å². The number of nitrogens with one attached hydrogen (secondary N) is 1. The molecule has 6 nitrogen and oxygen atoms in total. The van der Waals surface area contributed by atoms with Crippen molar-refractivity contribution in [2.24, 2.45) is 0 Å². The van der Waals surface area contributed by atoms with Crippen LogP contribution in [0, 0.1) is 0 Å². The third-order valence-electron chi connectivity index (χ3n) is 6.97. The molecular weight excluding hydrogens is 596 g/mol. The minimum Gasteiger partial charge on any atom is -0.382 e. The van der Waals surface area contributed by atoms with Crippen LogP contribution in [0.1, 0.15) is 45.7 Å². The Morgan fingerprint density at radius 1 is 1.05 bits per heavy atom. The smallest absolute Gasteiger partial charge is 0.382 e. The number of hydrogen-bond donors (Lipinski definition) is 1. The molecule has 3 aromatic carbocycles. The monoisotopic (exact) mass is 624 g/mol. The summed E-state index contributed by atoms with van der Waals surface area (Å²) in [7, 11) is -1.91. The topological polar surface area (TPSA) is 77.4 Å². The maximum absolute atomic E-state index is 13.7. The Bertz CT molecular complexity index is 1690. The summed E-state index contributed by atoms with van der Waals surface area (Å²) in [4.78, 5) is 13.4. The third-order valence-corrected chi connectivity index (χ3v) is 8.95. The van der Waals surface area contributed by atoms with Gasteiger partial charge >= 0.3 is 6.18 Å². The van der Waals surface area contributed by atoms with E-state index in [9.17, 15) is 30.8 Å². The predicted octanol–water partition coefficient (Wildman–Crippen LogP) is 6.78. The molecule has 0 aliphatic heterocycles. The number of hydrogen-bond acceptors (Lipinski definition) is 4. The molecule has 1 amide bonds. The molecule has 1 N–H and O–H groups in total. The highest BCUT2D eigenvalue weighted by Crippen LogP contribution is 2.35. The molecule has 0 aliphatic carbocycles. The second-order valence-electron chi connectivity index (χ2n) is 9.68. The Labute approximate surface area is 246 Å². The van der Waals surface area contributed by atoms with E-state index in [2.05, 4.69) is 5.32 Å². The van der Waals surface area contributed by atoms with Gasteiger partial charge in [0.1, 0.15) is 6.67 Å². The second kappa shape index (κ2) is 12.8. The van der Waals surface area contributed by atoms with Crippen LogP contribution < -0.4 is 5.32 Å². The molecule has 0 fully saturated rings. The number of ether oxygens (including phenoxy) is 1. The third kappa shape index (κ3) is 6.96. The quantitative estimate of drug-likeness (QED) is 0.187. The van der Waals surface area contributed by atoms with Gasteiger partial charge in [-0.2, -0.15) is 13.2 Å². The molecule has 42 heavy (non-hydrogen) atoms. The van der Waals surface area contributed by atoms with E-state index in [0.29, 0.717) is 22.2 Å². The molecular formula is C30H29ClF4N2O4S. The zero-order valence-corrected chi connectivity index (χ0v) is 24.4. The number of aromatic nitrogens is 1. The number of carbonyl (C=O) groups excluding carboxylic acids is 1. The van der Waals surface area contributed by atoms with Crippen LogP contribution in [0.25, 0.3) is 10.9 Å². The molecule has 0 aliphatic rings. The lowest BCUT2D eigenvalue weighted by Crippen LogP contribution is -2.31. The zero-order valence-electron chi connectivity index (χ0n) is 22.8. The summed E-state index contributed by atoms with van der Waals surface area (Å²) in [5, 5.41) is 3.40. The number of rotatable bonds is 11. The number of nitrogens with zero attached hydrogens (tertiary/aromatic N) is 1. The molecule has 1 aromatic heterocycles. The van der Waals surface area contributed by atoms with Crippen molar-refractivity contribution >= 4 is 38.2 Å². The van der Waals surface area contributed by atoms with Crippen LogP contribution in [-0.2, 0) is 33.7 Å². The van der Waals surface area contributed by atoms with Gasteiger partial charge in [0.05, 0.1) is 35.4 Å². The summed E-state index contributed by atoms with van der Waals surface area (Å²) in [5.74, 6) is -0.480. The van der Waals surface area contributed by atoms with E-state index < -0.39 is 40.2 Å². The Balaban J connectivity index is 1.64. The highest BCUT2D eigenvalue weighted by molar-refractivity contribution is 7.91. The van der Waals surface area contributed by atoms with E-state index >= 15 is 0 Å². The van der Waals surface area contributed by atoms with E-state index in [1.54, 1.807) is 47.9 Å². The molecule has 1 heterocycles. The van der Waals surface area contributed by atoms with E-state index in [1.807, 2.05) is 0 Å². The largest absolute Gasteiger partial charge is 0.416 e. The number of fused-ring (bicyclic) bond motifs is 1. The fourth-order valence-electron chi connectivity index (χ4n) is 4.83. The molecule has 0 saturated heterocycles. The van der Waals surface area contributed by atoms with Crippen LogP contribution in [0.3, 0.4) is 0 Å². The lowest BCUT2D eigenvalue weighted by atomic mass is 10.0. The summed E-state index contributed by atoms with van der Waals surface area (Å²) in [6.07, 6.45) is -4.74. The molecule has 0 unspecified atom stereocenters. The van der Waals surface area contributed by atoms with Crippen molar-refractivity contribution in [2.45, 2.75) is 37.0 Å². The van der Waals surface area contributed by atoms with Gasteiger partial charge in [-0.3, -0.25) is 4.79 Å². The number of amides is 1. The molecule has 1 atom stereocenters. The Morgan fingerprint density at radius 3 is 2.38 bits per heavy atom. The summed E-state index contributed by atoms with van der Waals surface area (Å²) in [6.45, 7) is 0.871. The highest BCUT2D eigenvalue weighted by atomic mass is 35.5. The lowest BCUT2D eigenvalue weighted by Gasteiger charge is -2.19. The molecule has 0 bridgehead atoms. The van der Waals surface area contributed by atoms with Crippen LogP contribution in [0.4, 0.5) is 17.6 Å². The van der Waals surface area contributed by atoms with Crippen LogP contribution in [0.2, 0.25) is 5.02 Å². The van der Waals surface area contributed by atoms with Crippen molar-refractivity contribution in [3.8, 4) is 0 Å². The Kier molecular flexibility index (Phi) is 9.64. The van der Waals surface area contributed by atoms with Gasteiger partial charge in [-0.15, -0.1) is 0 Å². The normalized spacial score (nSPS) is 12.9. The molecule has 0 radical (unpaired) electrons. The summed E-state index contributed by atoms with van der Waals surface area (Å²) >= 11 is 5.82. The Hall–Kier alpha value is -3.41. The number of methoxy groups -OCH3 is 1. The first-order chi connectivity index (χ1) is 19.9. The van der Waals surface area contributed by atoms with Gasteiger partial charge in [-0.05, 0) is 59.7 Å². The van der Waals surface area contributed by atoms with Crippen molar-refractivity contribution in [1.29, 1.82) is 0 Å². The SMILES string of the molecule is CCS(=O)(=O)c1ccc([C@H](COC)NC(=O)c2ccc3c(c2)cc(Cc2ccc(Cl)cc2C(F)(F)F)n3CCF)cc1. The standard InChI is InChI=1S/C30H29ClF4N2O4S/c1-3-42(39,40)25-9-5-19(6-10-25)27(18-41-2)36-29(38)21-7-11-28-22(14-21)16-24(37(28)13-12-32)15-20-4-8-23(31)17-26(20)30(33,34)35/h4-11,14,16-17,27H,3,12-13,15,18H2,1-2H3,(H,36,38)/t27-/m0/s1. The first-order valence-electron chi connectivity index (χ1n) is 13.0. The molecule has 224 valence electrons. The fourth-order valence-corrected chi connectivity index (χ4v) is 5.89. The van der Waals surface area contributed by atoms with Crippen molar-refractivity contribution in [1.82, 2.24) is 9.88 Å². The zero-order chi connectivity index (χ0) is 30.7. The van der Waals surface area contributed by atoms with Gasteiger partial charge in [0.2, 0.25) is 0 Å². The molecule has 4 aromatic rings. The van der Waals surface area contributed by atoms with Gasteiger partial charge in [-0.1, -0.05) is 36.7 Å². The number of alkyl halides is 4. The van der Waals surface area contributed by atoms with E-state index in [-0.39, 0.29) is 46.4 Å². The Morgan fingerprint density at radius 2 is 1.76 bits per heavy atom. The average Bonchev–Trinajstić information content (AvgIpc) is 3.29. The number of carbonyl (C=O) groups is 1. The van der Waals surface area contributed by atoms with Gasteiger partial charge in [-0.25, -0.2) is 12.8 Å². The summed E-state index contributed by atoms with van der Waals surface area (Å²) < 4.78 is 85.7. The maximum Gasteiger partial charge on any atom is 0.416 e. The van der Waals surface area contributed by atoms with Gasteiger partial charge in [0, 0.05) is 40.7 Å². The second-order valence-corrected chi connectivity index (χ2v) is 12.4. The van der Waals surface area contributed by atoms with Crippen LogP contribution in [0.15, 0.2) is 71.6 Å². The van der Waals surface area contributed by atoms with Crippen molar-refractivity contribution < 1.29 is 35.5 Å². The van der Waals surface area contributed by atoms with Crippen LogP contribution in [-0.4, -0.2) is 45.0 Å². The first kappa shape index (κ1) is 31.5. The van der Waals surface area contributed by atoms with Gasteiger partial charge < -0.3 is 14.6 Å². The van der Waals surface area contributed by atoms with Gasteiger partial charge in [0.25, 0.3) is 5.91 Å². The first-order valence-corrected chi connectivity index (χ1v) is 15.1. The minimum atomic E-state index is -4.62. The van der Waals surface area contributed by atoms with Crippen molar-refractivity contribution in [3.05, 3.63) is 99.7 Å². The average molecular weight is 625 g/mol. The fraction of sp³-hybridized carbons (Fsp3) is 0.300. The van der Waals surface area contributed by atoms with E-state index in [1.165, 1.54) is 31.4 Å². The minimum absolute atomic E-state index is 0.00653. The van der Waals surface area contributed by atoms with E-state index in [4.69, 9.17) is 16.3 Å². The molecule has 12 heteroatoms. The number of benzene rings is 3.